The lowest BCUT2D eigenvalue weighted by molar-refractivity contribution is 0.101. The SMILES string of the molecule is O=C(Nc1ncccc1Br)c1n[nH]c(C2CC2)n1. The van der Waals surface area contributed by atoms with Crippen LogP contribution in [0.1, 0.15) is 35.2 Å². The first-order chi connectivity index (χ1) is 8.74. The molecule has 2 heterocycles. The van der Waals surface area contributed by atoms with Gasteiger partial charge in [0.1, 0.15) is 11.6 Å². The largest absolute Gasteiger partial charge is 0.303 e. The third kappa shape index (κ3) is 2.26. The van der Waals surface area contributed by atoms with Crippen LogP contribution in [0.15, 0.2) is 22.8 Å². The van der Waals surface area contributed by atoms with Crippen molar-refractivity contribution in [3.8, 4) is 0 Å². The van der Waals surface area contributed by atoms with E-state index in [4.69, 9.17) is 0 Å². The smallest absolute Gasteiger partial charge is 0.296 e. The summed E-state index contributed by atoms with van der Waals surface area (Å²) in [6.45, 7) is 0. The van der Waals surface area contributed by atoms with Gasteiger partial charge in [-0.1, -0.05) is 0 Å². The van der Waals surface area contributed by atoms with Crippen LogP contribution >= 0.6 is 15.9 Å². The van der Waals surface area contributed by atoms with Crippen molar-refractivity contribution in [2.75, 3.05) is 5.32 Å². The maximum Gasteiger partial charge on any atom is 0.296 e. The number of H-pyrrole nitrogens is 1. The average molecular weight is 308 g/mol. The highest BCUT2D eigenvalue weighted by Gasteiger charge is 2.28. The molecule has 2 aromatic rings. The first-order valence-corrected chi connectivity index (χ1v) is 6.37. The molecule has 0 saturated heterocycles. The van der Waals surface area contributed by atoms with Gasteiger partial charge in [-0.15, -0.1) is 5.10 Å². The van der Waals surface area contributed by atoms with Gasteiger partial charge in [0, 0.05) is 12.1 Å². The zero-order valence-corrected chi connectivity index (χ0v) is 10.9. The zero-order valence-electron chi connectivity index (χ0n) is 9.35. The fourth-order valence-electron chi connectivity index (χ4n) is 1.56. The highest BCUT2D eigenvalue weighted by atomic mass is 79.9. The van der Waals surface area contributed by atoms with Gasteiger partial charge in [0.15, 0.2) is 0 Å². The molecular weight excluding hydrogens is 298 g/mol. The van der Waals surface area contributed by atoms with Crippen LogP contribution in [-0.4, -0.2) is 26.1 Å². The summed E-state index contributed by atoms with van der Waals surface area (Å²) in [7, 11) is 0. The number of anilines is 1. The molecule has 3 rings (SSSR count). The molecule has 18 heavy (non-hydrogen) atoms. The van der Waals surface area contributed by atoms with Gasteiger partial charge in [0.2, 0.25) is 5.82 Å². The average Bonchev–Trinajstić information content (AvgIpc) is 3.10. The van der Waals surface area contributed by atoms with Gasteiger partial charge in [-0.2, -0.15) is 0 Å². The van der Waals surface area contributed by atoms with Gasteiger partial charge >= 0.3 is 0 Å². The zero-order chi connectivity index (χ0) is 12.5. The van der Waals surface area contributed by atoms with Crippen LogP contribution in [0.4, 0.5) is 5.82 Å². The Hall–Kier alpha value is -1.76. The Bertz CT molecular complexity index is 593. The van der Waals surface area contributed by atoms with Crippen LogP contribution in [0.3, 0.4) is 0 Å². The van der Waals surface area contributed by atoms with Crippen LogP contribution in [0.25, 0.3) is 0 Å². The topological polar surface area (TPSA) is 83.6 Å². The number of carbonyl (C=O) groups is 1. The molecule has 1 amide bonds. The molecule has 92 valence electrons. The molecule has 2 N–H and O–H groups in total. The lowest BCUT2D eigenvalue weighted by Crippen LogP contribution is -2.15. The number of carbonyl (C=O) groups excluding carboxylic acids is 1. The highest BCUT2D eigenvalue weighted by molar-refractivity contribution is 9.10. The second-order valence-corrected chi connectivity index (χ2v) is 4.96. The molecule has 0 unspecified atom stereocenters. The first-order valence-electron chi connectivity index (χ1n) is 5.58. The van der Waals surface area contributed by atoms with E-state index in [-0.39, 0.29) is 11.7 Å². The number of aromatic nitrogens is 4. The molecule has 0 bridgehead atoms. The van der Waals surface area contributed by atoms with E-state index >= 15 is 0 Å². The molecule has 1 fully saturated rings. The van der Waals surface area contributed by atoms with E-state index in [0.717, 1.165) is 23.1 Å². The minimum atomic E-state index is -0.363. The number of aromatic amines is 1. The molecule has 7 heteroatoms. The third-order valence-electron chi connectivity index (χ3n) is 2.66. The summed E-state index contributed by atoms with van der Waals surface area (Å²) in [6, 6.07) is 3.58. The van der Waals surface area contributed by atoms with Crippen LogP contribution in [0, 0.1) is 0 Å². The molecule has 1 saturated carbocycles. The quantitative estimate of drug-likeness (QED) is 0.909. The first kappa shape index (κ1) is 11.3. The van der Waals surface area contributed by atoms with Gasteiger partial charge < -0.3 is 5.32 Å². The van der Waals surface area contributed by atoms with Crippen molar-refractivity contribution in [1.29, 1.82) is 0 Å². The van der Waals surface area contributed by atoms with Gasteiger partial charge in [-0.25, -0.2) is 9.97 Å². The Kier molecular flexibility index (Phi) is 2.83. The Labute approximate surface area is 111 Å². The summed E-state index contributed by atoms with van der Waals surface area (Å²) in [4.78, 5) is 20.1. The molecule has 2 aromatic heterocycles. The minimum absolute atomic E-state index is 0.148. The van der Waals surface area contributed by atoms with E-state index in [0.29, 0.717) is 11.7 Å². The predicted octanol–water partition coefficient (Wildman–Crippen LogP) is 2.09. The number of hydrogen-bond acceptors (Lipinski definition) is 4. The van der Waals surface area contributed by atoms with E-state index in [1.54, 1.807) is 18.3 Å². The summed E-state index contributed by atoms with van der Waals surface area (Å²) in [5.74, 6) is 1.48. The Morgan fingerprint density at radius 3 is 3.06 bits per heavy atom. The van der Waals surface area contributed by atoms with Crippen molar-refractivity contribution in [3.63, 3.8) is 0 Å². The molecule has 0 atom stereocenters. The fourth-order valence-corrected chi connectivity index (χ4v) is 1.91. The minimum Gasteiger partial charge on any atom is -0.303 e. The van der Waals surface area contributed by atoms with Crippen LogP contribution in [-0.2, 0) is 0 Å². The second-order valence-electron chi connectivity index (χ2n) is 4.11. The Morgan fingerprint density at radius 1 is 1.50 bits per heavy atom. The molecule has 6 nitrogen and oxygen atoms in total. The summed E-state index contributed by atoms with van der Waals surface area (Å²) in [5.41, 5.74) is 0. The molecule has 0 radical (unpaired) electrons. The molecule has 0 aromatic carbocycles. The van der Waals surface area contributed by atoms with Crippen LogP contribution < -0.4 is 5.32 Å². The van der Waals surface area contributed by atoms with Gasteiger partial charge in [0.05, 0.1) is 4.47 Å². The van der Waals surface area contributed by atoms with E-state index < -0.39 is 0 Å². The van der Waals surface area contributed by atoms with Crippen molar-refractivity contribution in [3.05, 3.63) is 34.5 Å². The number of hydrogen-bond donors (Lipinski definition) is 2. The van der Waals surface area contributed by atoms with Crippen LogP contribution in [0.2, 0.25) is 0 Å². The Morgan fingerprint density at radius 2 is 2.33 bits per heavy atom. The lowest BCUT2D eigenvalue weighted by Gasteiger charge is -2.02. The van der Waals surface area contributed by atoms with Crippen molar-refractivity contribution in [2.45, 2.75) is 18.8 Å². The molecule has 0 aliphatic heterocycles. The standard InChI is InChI=1S/C11H10BrN5O/c12-7-2-1-5-13-9(7)15-11(18)10-14-8(16-17-10)6-3-4-6/h1-2,5-6H,3-4H2,(H,13,15,18)(H,14,16,17). The number of nitrogens with one attached hydrogen (secondary N) is 2. The Balaban J connectivity index is 1.76. The number of halogens is 1. The van der Waals surface area contributed by atoms with E-state index in [1.807, 2.05) is 0 Å². The highest BCUT2D eigenvalue weighted by Crippen LogP contribution is 2.37. The van der Waals surface area contributed by atoms with Crippen LogP contribution in [0.5, 0.6) is 0 Å². The van der Waals surface area contributed by atoms with E-state index in [1.165, 1.54) is 0 Å². The maximum atomic E-state index is 11.9. The summed E-state index contributed by atoms with van der Waals surface area (Å²) in [6.07, 6.45) is 3.83. The predicted molar refractivity (Wildman–Crippen MR) is 68.2 cm³/mol. The molecule has 0 spiro atoms. The normalized spacial score (nSPS) is 14.5. The van der Waals surface area contributed by atoms with E-state index in [2.05, 4.69) is 41.4 Å². The van der Waals surface area contributed by atoms with Crippen molar-refractivity contribution in [2.24, 2.45) is 0 Å². The summed E-state index contributed by atoms with van der Waals surface area (Å²) >= 11 is 3.31. The van der Waals surface area contributed by atoms with Gasteiger partial charge in [0.25, 0.3) is 5.91 Å². The summed E-state index contributed by atoms with van der Waals surface area (Å²) < 4.78 is 0.719. The third-order valence-corrected chi connectivity index (χ3v) is 3.30. The van der Waals surface area contributed by atoms with Gasteiger partial charge in [-0.05, 0) is 40.9 Å². The number of rotatable bonds is 3. The number of pyridine rings is 1. The lowest BCUT2D eigenvalue weighted by atomic mass is 10.4. The van der Waals surface area contributed by atoms with Crippen molar-refractivity contribution >= 4 is 27.7 Å². The summed E-state index contributed by atoms with van der Waals surface area (Å²) in [5, 5.41) is 9.36. The number of nitrogens with zero attached hydrogens (tertiary/aromatic N) is 3. The van der Waals surface area contributed by atoms with Crippen molar-refractivity contribution < 1.29 is 4.79 Å². The van der Waals surface area contributed by atoms with Gasteiger partial charge in [-0.3, -0.25) is 9.89 Å². The monoisotopic (exact) mass is 307 g/mol. The van der Waals surface area contributed by atoms with E-state index in [9.17, 15) is 4.79 Å². The fraction of sp³-hybridized carbons (Fsp3) is 0.273. The number of amides is 1. The van der Waals surface area contributed by atoms with Crippen molar-refractivity contribution in [1.82, 2.24) is 20.2 Å². The molecule has 1 aliphatic rings. The molecular formula is C11H10BrN5O. The second kappa shape index (κ2) is 4.49. The maximum absolute atomic E-state index is 11.9. The molecule has 1 aliphatic carbocycles.